The number of hydrogen-bond acceptors (Lipinski definition) is 6. The summed E-state index contributed by atoms with van der Waals surface area (Å²) in [6.45, 7) is 7.26. The van der Waals surface area contributed by atoms with Crippen LogP contribution in [0.1, 0.15) is 23.4 Å². The monoisotopic (exact) mass is 405 g/mol. The lowest BCUT2D eigenvalue weighted by Crippen LogP contribution is -2.54. The molecule has 0 N–H and O–H groups in total. The van der Waals surface area contributed by atoms with Crippen molar-refractivity contribution in [1.29, 1.82) is 0 Å². The van der Waals surface area contributed by atoms with Crippen LogP contribution in [-0.2, 0) is 21.3 Å². The fourth-order valence-corrected chi connectivity index (χ4v) is 6.11. The van der Waals surface area contributed by atoms with Crippen LogP contribution in [0.5, 0.6) is 0 Å². The molecule has 0 radical (unpaired) electrons. The summed E-state index contributed by atoms with van der Waals surface area (Å²) in [6.07, 6.45) is 0.790. The molecule has 4 rings (SSSR count). The molecule has 28 heavy (non-hydrogen) atoms. The van der Waals surface area contributed by atoms with Crippen LogP contribution in [0.3, 0.4) is 0 Å². The number of aromatic nitrogens is 1. The van der Waals surface area contributed by atoms with Gasteiger partial charge in [0, 0.05) is 38.1 Å². The first-order valence-electron chi connectivity index (χ1n) is 9.75. The van der Waals surface area contributed by atoms with Crippen LogP contribution in [0.15, 0.2) is 39.8 Å². The quantitative estimate of drug-likeness (QED) is 0.776. The van der Waals surface area contributed by atoms with Gasteiger partial charge >= 0.3 is 0 Å². The summed E-state index contributed by atoms with van der Waals surface area (Å²) in [5.74, 6) is 0.687. The summed E-state index contributed by atoms with van der Waals surface area (Å²) < 4.78 is 39.1. The van der Waals surface area contributed by atoms with Crippen LogP contribution in [-0.4, -0.2) is 61.7 Å². The second-order valence-electron chi connectivity index (χ2n) is 7.66. The molecule has 1 aromatic carbocycles. The van der Waals surface area contributed by atoms with Gasteiger partial charge in [0.25, 0.3) is 0 Å². The first kappa shape index (κ1) is 19.6. The number of rotatable bonds is 4. The third kappa shape index (κ3) is 3.74. The van der Waals surface area contributed by atoms with E-state index < -0.39 is 10.0 Å². The van der Waals surface area contributed by atoms with Crippen molar-refractivity contribution in [3.63, 3.8) is 0 Å². The molecule has 2 aliphatic rings. The van der Waals surface area contributed by atoms with E-state index in [9.17, 15) is 8.42 Å². The lowest BCUT2D eigenvalue weighted by atomic mass is 9.92. The van der Waals surface area contributed by atoms with Crippen molar-refractivity contribution in [3.8, 4) is 0 Å². The number of benzene rings is 1. The third-order valence-corrected chi connectivity index (χ3v) is 7.91. The van der Waals surface area contributed by atoms with Crippen LogP contribution < -0.4 is 0 Å². The molecule has 152 valence electrons. The number of nitrogens with zero attached hydrogens (tertiary/aromatic N) is 3. The minimum atomic E-state index is -3.63. The Bertz CT molecular complexity index is 893. The first-order chi connectivity index (χ1) is 13.5. The van der Waals surface area contributed by atoms with Gasteiger partial charge in [0.05, 0.1) is 13.2 Å². The van der Waals surface area contributed by atoms with Gasteiger partial charge in [-0.15, -0.1) is 0 Å². The van der Waals surface area contributed by atoms with Crippen molar-refractivity contribution in [2.24, 2.45) is 5.92 Å². The Morgan fingerprint density at radius 3 is 2.68 bits per heavy atom. The second-order valence-corrected chi connectivity index (χ2v) is 9.54. The Labute approximate surface area is 166 Å². The Morgan fingerprint density at radius 1 is 1.18 bits per heavy atom. The lowest BCUT2D eigenvalue weighted by Gasteiger charge is -2.41. The Morgan fingerprint density at radius 2 is 1.96 bits per heavy atom. The van der Waals surface area contributed by atoms with Gasteiger partial charge < -0.3 is 9.26 Å². The summed E-state index contributed by atoms with van der Waals surface area (Å²) >= 11 is 0. The van der Waals surface area contributed by atoms with E-state index in [-0.39, 0.29) is 10.9 Å². The summed E-state index contributed by atoms with van der Waals surface area (Å²) in [5.41, 5.74) is 1.65. The molecule has 0 aliphatic carbocycles. The molecule has 8 heteroatoms. The molecule has 0 saturated carbocycles. The highest BCUT2D eigenvalue weighted by molar-refractivity contribution is 7.89. The van der Waals surface area contributed by atoms with E-state index in [0.717, 1.165) is 19.5 Å². The zero-order valence-electron chi connectivity index (χ0n) is 16.4. The van der Waals surface area contributed by atoms with Crippen molar-refractivity contribution in [1.82, 2.24) is 14.4 Å². The van der Waals surface area contributed by atoms with Crippen LogP contribution in [0.4, 0.5) is 0 Å². The molecule has 0 bridgehead atoms. The fraction of sp³-hybridized carbons (Fsp3) is 0.550. The van der Waals surface area contributed by atoms with E-state index in [2.05, 4.69) is 22.2 Å². The standard InChI is InChI=1S/C20H27N3O4S/c1-15-20(16(2)27-21-15)28(24,25)23-9-8-18-14-26-11-10-22(19(18)13-23)12-17-6-4-3-5-7-17/h3-7,18-19H,8-14H2,1-2H3/t18-,19-/m1/s1. The van der Waals surface area contributed by atoms with Crippen LogP contribution in [0, 0.1) is 19.8 Å². The zero-order chi connectivity index (χ0) is 19.7. The van der Waals surface area contributed by atoms with E-state index >= 15 is 0 Å². The maximum Gasteiger partial charge on any atom is 0.248 e. The van der Waals surface area contributed by atoms with Gasteiger partial charge in [-0.05, 0) is 25.8 Å². The van der Waals surface area contributed by atoms with Crippen LogP contribution >= 0.6 is 0 Å². The normalized spacial score (nSPS) is 24.6. The third-order valence-electron chi connectivity index (χ3n) is 5.80. The fourth-order valence-electron chi connectivity index (χ4n) is 4.35. The maximum absolute atomic E-state index is 13.3. The minimum absolute atomic E-state index is 0.131. The first-order valence-corrected chi connectivity index (χ1v) is 11.2. The number of aryl methyl sites for hydroxylation is 2. The van der Waals surface area contributed by atoms with Gasteiger partial charge in [-0.1, -0.05) is 35.5 Å². The van der Waals surface area contributed by atoms with Crippen LogP contribution in [0.2, 0.25) is 0 Å². The van der Waals surface area contributed by atoms with Crippen molar-refractivity contribution >= 4 is 10.0 Å². The molecule has 0 spiro atoms. The highest BCUT2D eigenvalue weighted by Gasteiger charge is 2.41. The molecule has 0 amide bonds. The number of ether oxygens (including phenoxy) is 1. The summed E-state index contributed by atoms with van der Waals surface area (Å²) in [5, 5.41) is 3.83. The van der Waals surface area contributed by atoms with E-state index in [1.54, 1.807) is 18.2 Å². The van der Waals surface area contributed by atoms with E-state index in [1.165, 1.54) is 5.56 Å². The second kappa shape index (κ2) is 7.94. The molecule has 1 aromatic heterocycles. The zero-order valence-corrected chi connectivity index (χ0v) is 17.2. The molecule has 2 aromatic rings. The Balaban J connectivity index is 1.59. The average Bonchev–Trinajstić information content (AvgIpc) is 2.91. The topological polar surface area (TPSA) is 75.9 Å². The van der Waals surface area contributed by atoms with Crippen molar-refractivity contribution in [2.45, 2.75) is 37.8 Å². The summed E-state index contributed by atoms with van der Waals surface area (Å²) in [7, 11) is -3.63. The van der Waals surface area contributed by atoms with Gasteiger partial charge in [0.2, 0.25) is 10.0 Å². The maximum atomic E-state index is 13.3. The average molecular weight is 406 g/mol. The number of sulfonamides is 1. The minimum Gasteiger partial charge on any atom is -0.380 e. The predicted octanol–water partition coefficient (Wildman–Crippen LogP) is 2.20. The van der Waals surface area contributed by atoms with E-state index in [0.29, 0.717) is 43.7 Å². The van der Waals surface area contributed by atoms with Crippen molar-refractivity contribution < 1.29 is 17.7 Å². The molecule has 2 atom stereocenters. The predicted molar refractivity (Wildman–Crippen MR) is 104 cm³/mol. The Kier molecular flexibility index (Phi) is 5.55. The van der Waals surface area contributed by atoms with Gasteiger partial charge in [-0.2, -0.15) is 4.31 Å². The largest absolute Gasteiger partial charge is 0.380 e. The highest BCUT2D eigenvalue weighted by atomic mass is 32.2. The Hall–Kier alpha value is -1.74. The molecule has 3 heterocycles. The highest BCUT2D eigenvalue weighted by Crippen LogP contribution is 2.31. The van der Waals surface area contributed by atoms with Gasteiger partial charge in [-0.25, -0.2) is 8.42 Å². The molecule has 2 saturated heterocycles. The SMILES string of the molecule is Cc1noc(C)c1S(=O)(=O)N1CC[C@@H]2COCCN(Cc3ccccc3)[C@@H]2C1. The molecular formula is C20H27N3O4S. The van der Waals surface area contributed by atoms with Gasteiger partial charge in [0.1, 0.15) is 10.6 Å². The van der Waals surface area contributed by atoms with Gasteiger partial charge in [0.15, 0.2) is 5.76 Å². The van der Waals surface area contributed by atoms with Crippen LogP contribution in [0.25, 0.3) is 0 Å². The number of piperidine rings is 1. The number of fused-ring (bicyclic) bond motifs is 1. The number of hydrogen-bond donors (Lipinski definition) is 0. The van der Waals surface area contributed by atoms with Gasteiger partial charge in [-0.3, -0.25) is 4.90 Å². The summed E-state index contributed by atoms with van der Waals surface area (Å²) in [4.78, 5) is 2.59. The lowest BCUT2D eigenvalue weighted by molar-refractivity contribution is 0.0766. The molecule has 2 fully saturated rings. The van der Waals surface area contributed by atoms with E-state index in [4.69, 9.17) is 9.26 Å². The molecule has 7 nitrogen and oxygen atoms in total. The van der Waals surface area contributed by atoms with E-state index in [1.807, 2.05) is 18.2 Å². The summed E-state index contributed by atoms with van der Waals surface area (Å²) in [6, 6.07) is 10.4. The molecular weight excluding hydrogens is 378 g/mol. The smallest absolute Gasteiger partial charge is 0.248 e. The molecule has 0 unspecified atom stereocenters. The van der Waals surface area contributed by atoms with Crippen molar-refractivity contribution in [3.05, 3.63) is 47.3 Å². The molecule has 2 aliphatic heterocycles. The van der Waals surface area contributed by atoms with Crippen molar-refractivity contribution in [2.75, 3.05) is 32.8 Å².